The van der Waals surface area contributed by atoms with Gasteiger partial charge in [0.1, 0.15) is 0 Å². The second-order valence-electron chi connectivity index (χ2n) is 5.51. The lowest BCUT2D eigenvalue weighted by molar-refractivity contribution is -0.684. The fourth-order valence-corrected chi connectivity index (χ4v) is 3.03. The molecule has 0 aliphatic carbocycles. The van der Waals surface area contributed by atoms with Crippen molar-refractivity contribution in [1.82, 2.24) is 4.98 Å². The zero-order valence-electron chi connectivity index (χ0n) is 13.6. The summed E-state index contributed by atoms with van der Waals surface area (Å²) in [6.07, 6.45) is 4.80. The summed E-state index contributed by atoms with van der Waals surface area (Å²) in [5, 5.41) is 16.9. The third-order valence-corrected chi connectivity index (χ3v) is 4.27. The number of aryl methyl sites for hydroxylation is 1. The molecule has 0 aliphatic rings. The van der Waals surface area contributed by atoms with Crippen LogP contribution in [0.4, 0.5) is 5.13 Å². The van der Waals surface area contributed by atoms with Gasteiger partial charge in [0.05, 0.1) is 17.5 Å². The van der Waals surface area contributed by atoms with Gasteiger partial charge < -0.3 is 5.21 Å². The molecule has 3 aromatic rings. The molecule has 0 aliphatic heterocycles. The number of rotatable bonds is 5. The molecule has 0 spiro atoms. The molecular formula is C18H17N4O2S+. The number of nitrogens with zero attached hydrogens (tertiary/aromatic N) is 3. The molecule has 3 rings (SSSR count). The highest BCUT2D eigenvalue weighted by molar-refractivity contribution is 7.14. The van der Waals surface area contributed by atoms with Crippen LogP contribution in [0.5, 0.6) is 0 Å². The van der Waals surface area contributed by atoms with Crippen molar-refractivity contribution in [2.45, 2.75) is 13.5 Å². The van der Waals surface area contributed by atoms with Crippen LogP contribution in [0.2, 0.25) is 0 Å². The van der Waals surface area contributed by atoms with Gasteiger partial charge in [-0.15, -0.1) is 11.3 Å². The standard InChI is InChI=1S/C18H16N4O2S/c1-13-4-6-15(7-5-13)16-12-25-18(20-16)21-17(23)11-22-8-2-3-14(10-22)9-19-24/h2-10,12H,11H2,1H3,(H-,20,21,23,24)/p+1/b19-9+. The first-order valence-electron chi connectivity index (χ1n) is 7.63. The molecule has 1 amide bonds. The minimum Gasteiger partial charge on any atom is -0.411 e. The van der Waals surface area contributed by atoms with Crippen LogP contribution in [-0.4, -0.2) is 22.3 Å². The topological polar surface area (TPSA) is 78.5 Å². The van der Waals surface area contributed by atoms with Gasteiger partial charge in [0.25, 0.3) is 5.91 Å². The molecule has 2 N–H and O–H groups in total. The Hall–Kier alpha value is -3.06. The van der Waals surface area contributed by atoms with Crippen LogP contribution < -0.4 is 9.88 Å². The Morgan fingerprint density at radius 3 is 2.92 bits per heavy atom. The van der Waals surface area contributed by atoms with E-state index >= 15 is 0 Å². The maximum absolute atomic E-state index is 12.2. The molecule has 0 saturated carbocycles. The molecule has 0 saturated heterocycles. The Morgan fingerprint density at radius 1 is 1.36 bits per heavy atom. The van der Waals surface area contributed by atoms with E-state index in [9.17, 15) is 4.79 Å². The molecule has 0 fully saturated rings. The van der Waals surface area contributed by atoms with Crippen LogP contribution in [0, 0.1) is 6.92 Å². The van der Waals surface area contributed by atoms with Crippen LogP contribution in [0.3, 0.4) is 0 Å². The average Bonchev–Trinajstić information content (AvgIpc) is 3.04. The normalized spacial score (nSPS) is 10.9. The summed E-state index contributed by atoms with van der Waals surface area (Å²) in [6, 6.07) is 11.7. The summed E-state index contributed by atoms with van der Waals surface area (Å²) in [5.74, 6) is -0.173. The molecule has 0 atom stereocenters. The number of aromatic nitrogens is 2. The van der Waals surface area contributed by atoms with E-state index in [2.05, 4.69) is 15.5 Å². The molecule has 25 heavy (non-hydrogen) atoms. The maximum Gasteiger partial charge on any atom is 0.292 e. The highest BCUT2D eigenvalue weighted by Crippen LogP contribution is 2.24. The first-order valence-corrected chi connectivity index (χ1v) is 8.51. The molecule has 6 nitrogen and oxygen atoms in total. The van der Waals surface area contributed by atoms with E-state index in [4.69, 9.17) is 5.21 Å². The minimum atomic E-state index is -0.173. The van der Waals surface area contributed by atoms with Gasteiger partial charge in [-0.2, -0.15) is 4.57 Å². The van der Waals surface area contributed by atoms with E-state index in [0.717, 1.165) is 11.3 Å². The summed E-state index contributed by atoms with van der Waals surface area (Å²) < 4.78 is 1.71. The van der Waals surface area contributed by atoms with Crippen LogP contribution in [0.1, 0.15) is 11.1 Å². The number of hydrogen-bond acceptors (Lipinski definition) is 5. The van der Waals surface area contributed by atoms with Crippen molar-refractivity contribution >= 4 is 28.6 Å². The van der Waals surface area contributed by atoms with E-state index < -0.39 is 0 Å². The quantitative estimate of drug-likeness (QED) is 0.320. The Morgan fingerprint density at radius 2 is 2.16 bits per heavy atom. The smallest absolute Gasteiger partial charge is 0.292 e. The molecule has 126 valence electrons. The average molecular weight is 353 g/mol. The van der Waals surface area contributed by atoms with Gasteiger partial charge in [-0.25, -0.2) is 4.98 Å². The molecule has 0 radical (unpaired) electrons. The van der Waals surface area contributed by atoms with Gasteiger partial charge in [-0.05, 0) is 13.0 Å². The number of nitrogens with one attached hydrogen (secondary N) is 1. The fraction of sp³-hybridized carbons (Fsp3) is 0.111. The Bertz CT molecular complexity index is 903. The number of carbonyl (C=O) groups is 1. The number of thiazole rings is 1. The van der Waals surface area contributed by atoms with E-state index in [1.807, 2.05) is 36.6 Å². The largest absolute Gasteiger partial charge is 0.411 e. The maximum atomic E-state index is 12.2. The number of benzene rings is 1. The van der Waals surface area contributed by atoms with Crippen LogP contribution in [-0.2, 0) is 11.3 Å². The highest BCUT2D eigenvalue weighted by Gasteiger charge is 2.12. The Balaban J connectivity index is 1.65. The summed E-state index contributed by atoms with van der Waals surface area (Å²) in [7, 11) is 0. The summed E-state index contributed by atoms with van der Waals surface area (Å²) in [6.45, 7) is 2.18. The second-order valence-corrected chi connectivity index (χ2v) is 6.36. The lowest BCUT2D eigenvalue weighted by Gasteiger charge is -2.00. The van der Waals surface area contributed by atoms with Gasteiger partial charge in [-0.3, -0.25) is 10.1 Å². The van der Waals surface area contributed by atoms with Gasteiger partial charge in [-0.1, -0.05) is 35.0 Å². The molecule has 0 unspecified atom stereocenters. The monoisotopic (exact) mass is 353 g/mol. The zero-order chi connectivity index (χ0) is 17.6. The van der Waals surface area contributed by atoms with E-state index in [-0.39, 0.29) is 12.5 Å². The van der Waals surface area contributed by atoms with Gasteiger partial charge >= 0.3 is 0 Å². The molecule has 0 bridgehead atoms. The van der Waals surface area contributed by atoms with Gasteiger partial charge in [0, 0.05) is 17.0 Å². The number of amides is 1. The van der Waals surface area contributed by atoms with Crippen LogP contribution in [0.25, 0.3) is 11.3 Å². The van der Waals surface area contributed by atoms with Crippen molar-refractivity contribution in [1.29, 1.82) is 0 Å². The van der Waals surface area contributed by atoms with Gasteiger partial charge in [0.15, 0.2) is 17.5 Å². The first kappa shape index (κ1) is 16.8. The highest BCUT2D eigenvalue weighted by atomic mass is 32.1. The van der Waals surface area contributed by atoms with E-state index in [0.29, 0.717) is 10.7 Å². The lowest BCUT2D eigenvalue weighted by Crippen LogP contribution is -2.40. The number of hydrogen-bond donors (Lipinski definition) is 2. The molecule has 2 aromatic heterocycles. The van der Waals surface area contributed by atoms with Crippen molar-refractivity contribution in [3.63, 3.8) is 0 Å². The SMILES string of the molecule is Cc1ccc(-c2csc(NC(=O)C[n+]3cccc(/C=N/O)c3)n2)cc1. The van der Waals surface area contributed by atoms with E-state index in [1.165, 1.54) is 23.1 Å². The molecule has 2 heterocycles. The third kappa shape index (κ3) is 4.48. The van der Waals surface area contributed by atoms with E-state index in [1.54, 1.807) is 29.1 Å². The van der Waals surface area contributed by atoms with Crippen molar-refractivity contribution < 1.29 is 14.6 Å². The Labute approximate surface area is 149 Å². The Kier molecular flexibility index (Phi) is 5.15. The predicted molar refractivity (Wildman–Crippen MR) is 96.9 cm³/mol. The first-order chi connectivity index (χ1) is 12.1. The number of anilines is 1. The van der Waals surface area contributed by atoms with Crippen molar-refractivity contribution in [2.75, 3.05) is 5.32 Å². The number of oxime groups is 1. The van der Waals surface area contributed by atoms with Crippen molar-refractivity contribution in [3.8, 4) is 11.3 Å². The molecule has 7 heteroatoms. The number of pyridine rings is 1. The molecular weight excluding hydrogens is 336 g/mol. The van der Waals surface area contributed by atoms with Gasteiger partial charge in [0.2, 0.25) is 6.54 Å². The van der Waals surface area contributed by atoms with Crippen molar-refractivity contribution in [2.24, 2.45) is 5.16 Å². The molecule has 1 aromatic carbocycles. The number of carbonyl (C=O) groups excluding carboxylic acids is 1. The lowest BCUT2D eigenvalue weighted by atomic mass is 10.1. The zero-order valence-corrected chi connectivity index (χ0v) is 14.4. The summed E-state index contributed by atoms with van der Waals surface area (Å²) in [5.41, 5.74) is 3.76. The summed E-state index contributed by atoms with van der Waals surface area (Å²) in [4.78, 5) is 16.7. The van der Waals surface area contributed by atoms with Crippen molar-refractivity contribution in [3.05, 3.63) is 65.3 Å². The van der Waals surface area contributed by atoms with Crippen LogP contribution in [0.15, 0.2) is 59.3 Å². The van der Waals surface area contributed by atoms with Crippen LogP contribution >= 0.6 is 11.3 Å². The second kappa shape index (κ2) is 7.67. The predicted octanol–water partition coefficient (Wildman–Crippen LogP) is 2.85. The minimum absolute atomic E-state index is 0.145. The third-order valence-electron chi connectivity index (χ3n) is 3.51. The summed E-state index contributed by atoms with van der Waals surface area (Å²) >= 11 is 1.39. The fourth-order valence-electron chi connectivity index (χ4n) is 2.30.